The lowest BCUT2D eigenvalue weighted by atomic mass is 10.1. The molecule has 2 amide bonds. The van der Waals surface area contributed by atoms with Gasteiger partial charge in [0, 0.05) is 30.7 Å². The predicted octanol–water partition coefficient (Wildman–Crippen LogP) is 0.482. The second-order valence-electron chi connectivity index (χ2n) is 7.11. The first-order valence-electron chi connectivity index (χ1n) is 9.19. The van der Waals surface area contributed by atoms with Crippen molar-refractivity contribution in [1.82, 2.24) is 30.4 Å². The van der Waals surface area contributed by atoms with Crippen molar-refractivity contribution in [2.45, 2.75) is 31.5 Å². The summed E-state index contributed by atoms with van der Waals surface area (Å²) < 4.78 is 1.71. The Balaban J connectivity index is 1.34. The number of nitrogens with zero attached hydrogens (tertiary/aromatic N) is 3. The summed E-state index contributed by atoms with van der Waals surface area (Å²) in [5.74, 6) is -0.767. The van der Waals surface area contributed by atoms with E-state index < -0.39 is 12.1 Å². The van der Waals surface area contributed by atoms with Crippen LogP contribution in [0, 0.1) is 5.92 Å². The number of carbonyl (C=O) groups is 2. The number of aliphatic hydroxyl groups is 1. The van der Waals surface area contributed by atoms with E-state index in [2.05, 4.69) is 25.8 Å². The van der Waals surface area contributed by atoms with Crippen molar-refractivity contribution in [3.05, 3.63) is 48.0 Å². The molecule has 3 heterocycles. The van der Waals surface area contributed by atoms with Gasteiger partial charge in [0.1, 0.15) is 5.69 Å². The standard InChI is InChI=1S/C19H22N6O3/c1-25-7-3-5-15(25)19(28)22-13-8-11(9-16(13)26)18(27)21-10-14-12-4-2-6-20-17(12)24-23-14/h2-7,11,13,16,26H,8-10H2,1H3,(H,21,27)(H,22,28)(H,20,23,24)/t11-,13+,16+/m0/s1. The SMILES string of the molecule is Cn1cccc1C(=O)N[C@@H]1C[C@H](C(=O)NCc2[nH]nc3ncccc23)C[C@H]1O. The minimum atomic E-state index is -0.753. The summed E-state index contributed by atoms with van der Waals surface area (Å²) in [6.07, 6.45) is 3.40. The van der Waals surface area contributed by atoms with Crippen molar-refractivity contribution in [2.75, 3.05) is 0 Å². The van der Waals surface area contributed by atoms with Crippen LogP contribution >= 0.6 is 0 Å². The van der Waals surface area contributed by atoms with E-state index in [9.17, 15) is 14.7 Å². The molecule has 28 heavy (non-hydrogen) atoms. The molecule has 3 aromatic rings. The Morgan fingerprint density at radius 2 is 2.18 bits per heavy atom. The molecule has 0 spiro atoms. The summed E-state index contributed by atoms with van der Waals surface area (Å²) >= 11 is 0. The highest BCUT2D eigenvalue weighted by molar-refractivity contribution is 5.93. The third kappa shape index (κ3) is 3.48. The number of pyridine rings is 1. The molecule has 0 aromatic carbocycles. The second kappa shape index (κ2) is 7.43. The molecule has 3 atom stereocenters. The Morgan fingerprint density at radius 3 is 2.96 bits per heavy atom. The van der Waals surface area contributed by atoms with Gasteiger partial charge in [-0.1, -0.05) is 0 Å². The first kappa shape index (κ1) is 18.2. The number of aryl methyl sites for hydroxylation is 1. The molecule has 9 nitrogen and oxygen atoms in total. The molecule has 0 radical (unpaired) electrons. The number of carbonyl (C=O) groups excluding carboxylic acids is 2. The highest BCUT2D eigenvalue weighted by Gasteiger charge is 2.38. The van der Waals surface area contributed by atoms with E-state index >= 15 is 0 Å². The maximum absolute atomic E-state index is 12.5. The van der Waals surface area contributed by atoms with Crippen LogP contribution in [-0.2, 0) is 18.4 Å². The van der Waals surface area contributed by atoms with E-state index in [0.717, 1.165) is 11.1 Å². The fourth-order valence-corrected chi connectivity index (χ4v) is 3.68. The monoisotopic (exact) mass is 382 g/mol. The Bertz CT molecular complexity index is 1010. The van der Waals surface area contributed by atoms with E-state index in [1.54, 1.807) is 36.1 Å². The quantitative estimate of drug-likeness (QED) is 0.511. The molecule has 1 aliphatic rings. The summed E-state index contributed by atoms with van der Waals surface area (Å²) in [6.45, 7) is 0.300. The minimum absolute atomic E-state index is 0.152. The van der Waals surface area contributed by atoms with Gasteiger partial charge in [0.2, 0.25) is 5.91 Å². The fourth-order valence-electron chi connectivity index (χ4n) is 3.68. The largest absolute Gasteiger partial charge is 0.391 e. The van der Waals surface area contributed by atoms with Crippen molar-refractivity contribution < 1.29 is 14.7 Å². The fraction of sp³-hybridized carbons (Fsp3) is 0.368. The number of hydrogen-bond donors (Lipinski definition) is 4. The number of nitrogens with one attached hydrogen (secondary N) is 3. The van der Waals surface area contributed by atoms with Gasteiger partial charge in [-0.05, 0) is 37.1 Å². The summed E-state index contributed by atoms with van der Waals surface area (Å²) in [5, 5.41) is 23.9. The topological polar surface area (TPSA) is 125 Å². The average molecular weight is 382 g/mol. The molecular weight excluding hydrogens is 360 g/mol. The number of fused-ring (bicyclic) bond motifs is 1. The zero-order chi connectivity index (χ0) is 19.7. The normalized spacial score (nSPS) is 21.7. The van der Waals surface area contributed by atoms with Crippen molar-refractivity contribution in [1.29, 1.82) is 0 Å². The van der Waals surface area contributed by atoms with Crippen molar-refractivity contribution in [2.24, 2.45) is 13.0 Å². The molecule has 0 saturated heterocycles. The molecule has 4 N–H and O–H groups in total. The maximum Gasteiger partial charge on any atom is 0.268 e. The first-order valence-corrected chi connectivity index (χ1v) is 9.19. The molecule has 9 heteroatoms. The van der Waals surface area contributed by atoms with Gasteiger partial charge in [0.05, 0.1) is 24.4 Å². The van der Waals surface area contributed by atoms with E-state index in [-0.39, 0.29) is 17.7 Å². The van der Waals surface area contributed by atoms with Crippen LogP contribution in [0.5, 0.6) is 0 Å². The number of aromatic amines is 1. The van der Waals surface area contributed by atoms with E-state index in [1.807, 2.05) is 12.1 Å². The van der Waals surface area contributed by atoms with Gasteiger partial charge in [-0.25, -0.2) is 4.98 Å². The molecule has 3 aromatic heterocycles. The van der Waals surface area contributed by atoms with Gasteiger partial charge in [0.15, 0.2) is 5.65 Å². The number of H-pyrrole nitrogens is 1. The van der Waals surface area contributed by atoms with Crippen LogP contribution in [-0.4, -0.2) is 48.8 Å². The molecule has 146 valence electrons. The number of amides is 2. The lowest BCUT2D eigenvalue weighted by molar-refractivity contribution is -0.125. The Labute approximate surface area is 161 Å². The maximum atomic E-state index is 12.5. The molecule has 1 aliphatic carbocycles. The number of aromatic nitrogens is 4. The van der Waals surface area contributed by atoms with Crippen LogP contribution in [0.1, 0.15) is 29.0 Å². The first-order chi connectivity index (χ1) is 13.5. The summed E-state index contributed by atoms with van der Waals surface area (Å²) in [6, 6.07) is 6.75. The molecule has 0 aliphatic heterocycles. The zero-order valence-electron chi connectivity index (χ0n) is 15.4. The lowest BCUT2D eigenvalue weighted by Gasteiger charge is -2.16. The smallest absolute Gasteiger partial charge is 0.268 e. The van der Waals surface area contributed by atoms with E-state index in [1.165, 1.54) is 0 Å². The molecule has 1 saturated carbocycles. The third-order valence-corrected chi connectivity index (χ3v) is 5.24. The molecule has 0 unspecified atom stereocenters. The molecule has 0 bridgehead atoms. The van der Waals surface area contributed by atoms with Crippen LogP contribution in [0.3, 0.4) is 0 Å². The summed E-state index contributed by atoms with van der Waals surface area (Å²) in [5.41, 5.74) is 1.90. The van der Waals surface area contributed by atoms with Crippen molar-refractivity contribution >= 4 is 22.8 Å². The summed E-state index contributed by atoms with van der Waals surface area (Å²) in [7, 11) is 1.78. The van der Waals surface area contributed by atoms with Crippen LogP contribution in [0.15, 0.2) is 36.7 Å². The number of aliphatic hydroxyl groups excluding tert-OH is 1. The second-order valence-corrected chi connectivity index (χ2v) is 7.11. The molecular formula is C19H22N6O3. The van der Waals surface area contributed by atoms with Crippen LogP contribution in [0.2, 0.25) is 0 Å². The summed E-state index contributed by atoms with van der Waals surface area (Å²) in [4.78, 5) is 29.0. The average Bonchev–Trinajstić information content (AvgIpc) is 3.39. The Morgan fingerprint density at radius 1 is 1.32 bits per heavy atom. The van der Waals surface area contributed by atoms with Crippen LogP contribution in [0.4, 0.5) is 0 Å². The van der Waals surface area contributed by atoms with Gasteiger partial charge >= 0.3 is 0 Å². The Kier molecular flexibility index (Phi) is 4.82. The zero-order valence-corrected chi connectivity index (χ0v) is 15.4. The van der Waals surface area contributed by atoms with Crippen LogP contribution in [0.25, 0.3) is 11.0 Å². The van der Waals surface area contributed by atoms with Gasteiger partial charge in [-0.15, -0.1) is 0 Å². The van der Waals surface area contributed by atoms with Gasteiger partial charge in [0.25, 0.3) is 5.91 Å². The minimum Gasteiger partial charge on any atom is -0.391 e. The van der Waals surface area contributed by atoms with Crippen LogP contribution < -0.4 is 10.6 Å². The number of rotatable bonds is 5. The molecule has 4 rings (SSSR count). The lowest BCUT2D eigenvalue weighted by Crippen LogP contribution is -2.40. The molecule has 1 fully saturated rings. The van der Waals surface area contributed by atoms with Crippen molar-refractivity contribution in [3.8, 4) is 0 Å². The highest BCUT2D eigenvalue weighted by Crippen LogP contribution is 2.27. The number of hydrogen-bond acceptors (Lipinski definition) is 5. The van der Waals surface area contributed by atoms with Crippen molar-refractivity contribution in [3.63, 3.8) is 0 Å². The van der Waals surface area contributed by atoms with Gasteiger partial charge in [-0.2, -0.15) is 5.10 Å². The predicted molar refractivity (Wildman–Crippen MR) is 101 cm³/mol. The van der Waals surface area contributed by atoms with E-state index in [4.69, 9.17) is 0 Å². The van der Waals surface area contributed by atoms with Gasteiger partial charge in [-0.3, -0.25) is 14.7 Å². The highest BCUT2D eigenvalue weighted by atomic mass is 16.3. The van der Waals surface area contributed by atoms with E-state index in [0.29, 0.717) is 30.7 Å². The third-order valence-electron chi connectivity index (χ3n) is 5.24. The Hall–Kier alpha value is -3.20. The van der Waals surface area contributed by atoms with Gasteiger partial charge < -0.3 is 20.3 Å².